The van der Waals surface area contributed by atoms with Crippen molar-refractivity contribution >= 4 is 11.3 Å². The molecule has 2 unspecified atom stereocenters. The van der Waals surface area contributed by atoms with Crippen LogP contribution < -0.4 is 5.32 Å². The number of hydrogen-bond donors (Lipinski definition) is 1. The van der Waals surface area contributed by atoms with Gasteiger partial charge in [-0.3, -0.25) is 0 Å². The quantitative estimate of drug-likeness (QED) is 0.827. The fourth-order valence-corrected chi connectivity index (χ4v) is 4.11. The van der Waals surface area contributed by atoms with Gasteiger partial charge in [0.2, 0.25) is 0 Å². The van der Waals surface area contributed by atoms with E-state index in [0.717, 1.165) is 12.5 Å². The zero-order chi connectivity index (χ0) is 12.5. The maximum atomic E-state index is 3.68. The van der Waals surface area contributed by atoms with Gasteiger partial charge < -0.3 is 5.32 Å². The highest BCUT2D eigenvalue weighted by atomic mass is 32.1. The van der Waals surface area contributed by atoms with Gasteiger partial charge in [-0.15, -0.1) is 11.3 Å². The minimum Gasteiger partial charge on any atom is -0.313 e. The first kappa shape index (κ1) is 13.1. The Kier molecular flexibility index (Phi) is 3.94. The number of nitrogens with one attached hydrogen (secondary N) is 1. The molecule has 1 aromatic rings. The predicted molar refractivity (Wildman–Crippen MR) is 76.9 cm³/mol. The molecule has 0 amide bonds. The van der Waals surface area contributed by atoms with E-state index in [0.29, 0.717) is 11.5 Å². The lowest BCUT2D eigenvalue weighted by Gasteiger charge is -2.52. The molecule has 1 aliphatic carbocycles. The Morgan fingerprint density at radius 2 is 2.12 bits per heavy atom. The molecule has 2 rings (SSSR count). The molecule has 1 heterocycles. The van der Waals surface area contributed by atoms with E-state index in [-0.39, 0.29) is 0 Å². The van der Waals surface area contributed by atoms with Crippen LogP contribution in [0.3, 0.4) is 0 Å². The fourth-order valence-electron chi connectivity index (χ4n) is 2.85. The van der Waals surface area contributed by atoms with Gasteiger partial charge in [0.05, 0.1) is 0 Å². The first-order valence-corrected chi connectivity index (χ1v) is 7.73. The molecule has 2 atom stereocenters. The molecule has 0 aliphatic heterocycles. The highest BCUT2D eigenvalue weighted by Gasteiger charge is 2.48. The zero-order valence-corrected chi connectivity index (χ0v) is 12.4. The third kappa shape index (κ3) is 2.43. The van der Waals surface area contributed by atoms with E-state index in [2.05, 4.69) is 45.1 Å². The second kappa shape index (κ2) is 5.11. The molecule has 0 bridgehead atoms. The van der Waals surface area contributed by atoms with Crippen molar-refractivity contribution < 1.29 is 0 Å². The minimum atomic E-state index is 0.422. The topological polar surface area (TPSA) is 12.0 Å². The Hall–Kier alpha value is -0.340. The summed E-state index contributed by atoms with van der Waals surface area (Å²) in [6, 6.07) is 5.37. The van der Waals surface area contributed by atoms with E-state index in [9.17, 15) is 0 Å². The maximum Gasteiger partial charge on any atom is 0.0131 e. The van der Waals surface area contributed by atoms with Gasteiger partial charge in [-0.05, 0) is 43.4 Å². The number of hydrogen-bond acceptors (Lipinski definition) is 2. The lowest BCUT2D eigenvalue weighted by Crippen LogP contribution is -2.55. The van der Waals surface area contributed by atoms with Crippen molar-refractivity contribution in [1.29, 1.82) is 0 Å². The van der Waals surface area contributed by atoms with Crippen molar-refractivity contribution in [1.82, 2.24) is 5.32 Å². The predicted octanol–water partition coefficient (Wildman–Crippen LogP) is 4.19. The second-order valence-electron chi connectivity index (χ2n) is 5.77. The summed E-state index contributed by atoms with van der Waals surface area (Å²) >= 11 is 2.02. The summed E-state index contributed by atoms with van der Waals surface area (Å²) in [6.45, 7) is 10.5. The average molecular weight is 251 g/mol. The number of rotatable bonds is 5. The van der Waals surface area contributed by atoms with Gasteiger partial charge in [0.1, 0.15) is 0 Å². The zero-order valence-electron chi connectivity index (χ0n) is 11.5. The van der Waals surface area contributed by atoms with Crippen LogP contribution in [0.4, 0.5) is 0 Å². The maximum absolute atomic E-state index is 3.68. The van der Waals surface area contributed by atoms with Crippen molar-refractivity contribution in [2.45, 2.75) is 58.9 Å². The SMILES string of the molecule is CCCNC1CC(c2ccc(CC)s2)C1(C)C. The second-order valence-corrected chi connectivity index (χ2v) is 6.97. The summed E-state index contributed by atoms with van der Waals surface area (Å²) in [5.41, 5.74) is 0.422. The third-order valence-corrected chi connectivity index (χ3v) is 5.63. The smallest absolute Gasteiger partial charge is 0.0131 e. The molecular formula is C15H25NS. The normalized spacial score (nSPS) is 26.8. The van der Waals surface area contributed by atoms with Crippen LogP contribution in [0.1, 0.15) is 56.2 Å². The van der Waals surface area contributed by atoms with Gasteiger partial charge >= 0.3 is 0 Å². The monoisotopic (exact) mass is 251 g/mol. The molecule has 96 valence electrons. The van der Waals surface area contributed by atoms with Crippen LogP contribution in [0.25, 0.3) is 0 Å². The first-order valence-electron chi connectivity index (χ1n) is 6.91. The molecule has 0 saturated heterocycles. The molecule has 1 fully saturated rings. The summed E-state index contributed by atoms with van der Waals surface area (Å²) in [5, 5.41) is 3.68. The average Bonchev–Trinajstić information content (AvgIpc) is 2.76. The Balaban J connectivity index is 2.00. The van der Waals surface area contributed by atoms with Crippen LogP contribution in [0, 0.1) is 5.41 Å². The van der Waals surface area contributed by atoms with Crippen molar-refractivity contribution in [2.75, 3.05) is 6.54 Å². The molecule has 1 nitrogen and oxygen atoms in total. The van der Waals surface area contributed by atoms with Gasteiger partial charge in [-0.2, -0.15) is 0 Å². The summed E-state index contributed by atoms with van der Waals surface area (Å²) in [7, 11) is 0. The summed E-state index contributed by atoms with van der Waals surface area (Å²) < 4.78 is 0. The Labute approximate surface area is 110 Å². The highest BCUT2D eigenvalue weighted by molar-refractivity contribution is 7.12. The lowest BCUT2D eigenvalue weighted by atomic mass is 9.58. The molecule has 17 heavy (non-hydrogen) atoms. The molecule has 0 radical (unpaired) electrons. The number of aryl methyl sites for hydroxylation is 1. The molecule has 2 heteroatoms. The fraction of sp³-hybridized carbons (Fsp3) is 0.733. The van der Waals surface area contributed by atoms with Crippen LogP contribution >= 0.6 is 11.3 Å². The van der Waals surface area contributed by atoms with Crippen LogP contribution in [0.15, 0.2) is 12.1 Å². The molecule has 0 spiro atoms. The van der Waals surface area contributed by atoms with Gasteiger partial charge in [-0.1, -0.05) is 27.7 Å². The third-order valence-electron chi connectivity index (χ3n) is 4.28. The molecule has 1 aliphatic rings. The van der Waals surface area contributed by atoms with Crippen LogP contribution in [0.2, 0.25) is 0 Å². The van der Waals surface area contributed by atoms with Crippen LogP contribution in [-0.2, 0) is 6.42 Å². The van der Waals surface area contributed by atoms with E-state index < -0.39 is 0 Å². The summed E-state index contributed by atoms with van der Waals surface area (Å²) in [6.07, 6.45) is 3.72. The lowest BCUT2D eigenvalue weighted by molar-refractivity contribution is 0.0716. The van der Waals surface area contributed by atoms with Crippen molar-refractivity contribution in [3.05, 3.63) is 21.9 Å². The Morgan fingerprint density at radius 1 is 1.35 bits per heavy atom. The summed E-state index contributed by atoms with van der Waals surface area (Å²) in [4.78, 5) is 3.13. The van der Waals surface area contributed by atoms with E-state index in [1.807, 2.05) is 11.3 Å². The number of thiophene rings is 1. The van der Waals surface area contributed by atoms with Gasteiger partial charge in [0.25, 0.3) is 0 Å². The van der Waals surface area contributed by atoms with Crippen molar-refractivity contribution in [3.8, 4) is 0 Å². The molecule has 0 aromatic carbocycles. The molecule has 1 saturated carbocycles. The van der Waals surface area contributed by atoms with E-state index in [4.69, 9.17) is 0 Å². The van der Waals surface area contributed by atoms with Crippen molar-refractivity contribution in [3.63, 3.8) is 0 Å². The molecule has 1 N–H and O–H groups in total. The molecular weight excluding hydrogens is 226 g/mol. The van der Waals surface area contributed by atoms with E-state index >= 15 is 0 Å². The van der Waals surface area contributed by atoms with Gasteiger partial charge in [-0.25, -0.2) is 0 Å². The van der Waals surface area contributed by atoms with Crippen LogP contribution in [0.5, 0.6) is 0 Å². The summed E-state index contributed by atoms with van der Waals surface area (Å²) in [5.74, 6) is 0.766. The largest absolute Gasteiger partial charge is 0.313 e. The van der Waals surface area contributed by atoms with E-state index in [1.54, 1.807) is 4.88 Å². The Morgan fingerprint density at radius 3 is 2.65 bits per heavy atom. The highest BCUT2D eigenvalue weighted by Crippen LogP contribution is 2.53. The van der Waals surface area contributed by atoms with E-state index in [1.165, 1.54) is 24.1 Å². The van der Waals surface area contributed by atoms with Gasteiger partial charge in [0.15, 0.2) is 0 Å². The Bertz CT molecular complexity index is 367. The van der Waals surface area contributed by atoms with Crippen molar-refractivity contribution in [2.24, 2.45) is 5.41 Å². The van der Waals surface area contributed by atoms with Gasteiger partial charge in [0, 0.05) is 21.7 Å². The first-order chi connectivity index (χ1) is 8.09. The van der Waals surface area contributed by atoms with Crippen LogP contribution in [-0.4, -0.2) is 12.6 Å². The minimum absolute atomic E-state index is 0.422. The standard InChI is InChI=1S/C15H25NS/c1-5-9-16-14-10-12(15(14,3)4)13-8-7-11(6-2)17-13/h7-8,12,14,16H,5-6,9-10H2,1-4H3. The molecule has 1 aromatic heterocycles.